The number of para-hydroxylation sites is 1. The Morgan fingerprint density at radius 1 is 1.14 bits per heavy atom. The fourth-order valence-corrected chi connectivity index (χ4v) is 2.11. The van der Waals surface area contributed by atoms with Crippen molar-refractivity contribution in [2.75, 3.05) is 25.3 Å². The van der Waals surface area contributed by atoms with Crippen LogP contribution in [0.1, 0.15) is 5.56 Å². The van der Waals surface area contributed by atoms with Gasteiger partial charge in [0.15, 0.2) is 0 Å². The van der Waals surface area contributed by atoms with E-state index >= 15 is 0 Å². The number of nitrogens with one attached hydrogen (secondary N) is 1. The number of benzene rings is 2. The van der Waals surface area contributed by atoms with E-state index < -0.39 is 0 Å². The Morgan fingerprint density at radius 3 is 2.48 bits per heavy atom. The maximum absolute atomic E-state index is 9.01. The van der Waals surface area contributed by atoms with Gasteiger partial charge in [-0.1, -0.05) is 17.7 Å². The molecule has 108 valence electrons. The molecule has 0 spiro atoms. The molecule has 6 heteroatoms. The van der Waals surface area contributed by atoms with Gasteiger partial charge in [0.2, 0.25) is 0 Å². The van der Waals surface area contributed by atoms with Gasteiger partial charge in [0.25, 0.3) is 0 Å². The van der Waals surface area contributed by atoms with Crippen molar-refractivity contribution in [3.05, 3.63) is 40.9 Å². The molecule has 0 aromatic heterocycles. The Morgan fingerprint density at radius 2 is 1.86 bits per heavy atom. The first-order chi connectivity index (χ1) is 10.1. The molecule has 3 N–H and O–H groups in total. The highest BCUT2D eigenvalue weighted by Gasteiger charge is 2.12. The molecule has 0 fully saturated rings. The zero-order valence-corrected chi connectivity index (χ0v) is 12.4. The molecule has 0 aliphatic carbocycles. The molecule has 5 nitrogen and oxygen atoms in total. The van der Waals surface area contributed by atoms with Crippen molar-refractivity contribution in [3.8, 4) is 17.6 Å². The number of anilines is 3. The van der Waals surface area contributed by atoms with Crippen LogP contribution < -0.4 is 20.5 Å². The predicted octanol–water partition coefficient (Wildman–Crippen LogP) is 3.55. The van der Waals surface area contributed by atoms with E-state index in [2.05, 4.69) is 5.32 Å². The van der Waals surface area contributed by atoms with E-state index in [4.69, 9.17) is 32.1 Å². The highest BCUT2D eigenvalue weighted by molar-refractivity contribution is 6.32. The average Bonchev–Trinajstić information content (AvgIpc) is 2.50. The molecule has 2 aromatic rings. The van der Waals surface area contributed by atoms with Gasteiger partial charge in [-0.05, 0) is 12.1 Å². The summed E-state index contributed by atoms with van der Waals surface area (Å²) in [5.74, 6) is 1.05. The first kappa shape index (κ1) is 14.8. The Kier molecular flexibility index (Phi) is 4.41. The number of rotatable bonds is 4. The van der Waals surface area contributed by atoms with Gasteiger partial charge in [-0.2, -0.15) is 5.26 Å². The number of hydrogen-bond acceptors (Lipinski definition) is 5. The SMILES string of the molecule is COc1cc(Nc2cccc(C#N)c2N)c(OC)cc1Cl. The van der Waals surface area contributed by atoms with Crippen molar-refractivity contribution in [2.24, 2.45) is 0 Å². The third-order valence-corrected chi connectivity index (χ3v) is 3.27. The molecule has 2 rings (SSSR count). The van der Waals surface area contributed by atoms with Crippen LogP contribution in [-0.2, 0) is 0 Å². The maximum atomic E-state index is 9.01. The van der Waals surface area contributed by atoms with Crippen LogP contribution in [0.4, 0.5) is 17.1 Å². The normalized spacial score (nSPS) is 9.81. The maximum Gasteiger partial charge on any atom is 0.144 e. The van der Waals surface area contributed by atoms with Gasteiger partial charge >= 0.3 is 0 Å². The molecule has 0 amide bonds. The minimum absolute atomic E-state index is 0.371. The van der Waals surface area contributed by atoms with Gasteiger partial charge in [-0.15, -0.1) is 0 Å². The van der Waals surface area contributed by atoms with Crippen molar-refractivity contribution in [1.82, 2.24) is 0 Å². The van der Waals surface area contributed by atoms with Gasteiger partial charge in [0.05, 0.1) is 41.9 Å². The smallest absolute Gasteiger partial charge is 0.144 e. The van der Waals surface area contributed by atoms with E-state index in [-0.39, 0.29) is 0 Å². The summed E-state index contributed by atoms with van der Waals surface area (Å²) in [6.45, 7) is 0. The summed E-state index contributed by atoms with van der Waals surface area (Å²) in [4.78, 5) is 0. The quantitative estimate of drug-likeness (QED) is 0.844. The van der Waals surface area contributed by atoms with Gasteiger partial charge in [-0.3, -0.25) is 0 Å². The lowest BCUT2D eigenvalue weighted by Gasteiger charge is -2.15. The lowest BCUT2D eigenvalue weighted by Crippen LogP contribution is -2.01. The van der Waals surface area contributed by atoms with Gasteiger partial charge in [0, 0.05) is 12.1 Å². The van der Waals surface area contributed by atoms with Gasteiger partial charge < -0.3 is 20.5 Å². The standard InChI is InChI=1S/C15H14ClN3O2/c1-20-13-7-12(14(21-2)6-10(13)16)19-11-5-3-4-9(8-17)15(11)18/h3-7,19H,18H2,1-2H3. The summed E-state index contributed by atoms with van der Waals surface area (Å²) >= 11 is 6.06. The average molecular weight is 304 g/mol. The molecule has 0 heterocycles. The van der Waals surface area contributed by atoms with Crippen LogP contribution in [0.3, 0.4) is 0 Å². The minimum Gasteiger partial charge on any atom is -0.495 e. The number of nitrogen functional groups attached to an aromatic ring is 1. The Hall–Kier alpha value is -2.58. The highest BCUT2D eigenvalue weighted by atomic mass is 35.5. The monoisotopic (exact) mass is 303 g/mol. The number of hydrogen-bond donors (Lipinski definition) is 2. The largest absolute Gasteiger partial charge is 0.495 e. The van der Waals surface area contributed by atoms with Gasteiger partial charge in [0.1, 0.15) is 17.6 Å². The summed E-state index contributed by atoms with van der Waals surface area (Å²) in [6, 6.07) is 10.6. The van der Waals surface area contributed by atoms with Crippen molar-refractivity contribution in [1.29, 1.82) is 5.26 Å². The van der Waals surface area contributed by atoms with E-state index in [1.54, 1.807) is 37.4 Å². The lowest BCUT2D eigenvalue weighted by atomic mass is 10.1. The highest BCUT2D eigenvalue weighted by Crippen LogP contribution is 2.38. The number of nitriles is 1. The molecule has 0 aliphatic rings. The summed E-state index contributed by atoms with van der Waals surface area (Å²) in [5, 5.41) is 12.6. The zero-order valence-electron chi connectivity index (χ0n) is 11.6. The van der Waals surface area contributed by atoms with E-state index in [9.17, 15) is 0 Å². The van der Waals surface area contributed by atoms with Crippen LogP contribution in [0.5, 0.6) is 11.5 Å². The summed E-state index contributed by atoms with van der Waals surface area (Å²) < 4.78 is 10.5. The zero-order chi connectivity index (χ0) is 15.4. The fourth-order valence-electron chi connectivity index (χ4n) is 1.87. The van der Waals surface area contributed by atoms with Crippen LogP contribution in [-0.4, -0.2) is 14.2 Å². The summed E-state index contributed by atoms with van der Waals surface area (Å²) in [5.41, 5.74) is 7.97. The predicted molar refractivity (Wildman–Crippen MR) is 83.4 cm³/mol. The third-order valence-electron chi connectivity index (χ3n) is 2.97. The van der Waals surface area contributed by atoms with Crippen molar-refractivity contribution in [2.45, 2.75) is 0 Å². The Bertz CT molecular complexity index is 711. The molecule has 0 aliphatic heterocycles. The van der Waals surface area contributed by atoms with E-state index in [0.717, 1.165) is 0 Å². The van der Waals surface area contributed by atoms with Crippen molar-refractivity contribution < 1.29 is 9.47 Å². The number of nitrogens with zero attached hydrogens (tertiary/aromatic N) is 1. The molecule has 0 saturated heterocycles. The molecular formula is C15H14ClN3O2. The second-order valence-corrected chi connectivity index (χ2v) is 4.60. The van der Waals surface area contributed by atoms with Gasteiger partial charge in [-0.25, -0.2) is 0 Å². The molecule has 21 heavy (non-hydrogen) atoms. The summed E-state index contributed by atoms with van der Waals surface area (Å²) in [6.07, 6.45) is 0. The first-order valence-electron chi connectivity index (χ1n) is 6.07. The van der Waals surface area contributed by atoms with Crippen molar-refractivity contribution >= 4 is 28.7 Å². The van der Waals surface area contributed by atoms with Crippen LogP contribution in [0, 0.1) is 11.3 Å². The molecule has 0 bridgehead atoms. The third kappa shape index (κ3) is 2.96. The second kappa shape index (κ2) is 6.25. The molecular weight excluding hydrogens is 290 g/mol. The topological polar surface area (TPSA) is 80.3 Å². The van der Waals surface area contributed by atoms with Crippen LogP contribution in [0.15, 0.2) is 30.3 Å². The number of nitrogens with two attached hydrogens (primary N) is 1. The number of halogens is 1. The molecule has 0 atom stereocenters. The van der Waals surface area contributed by atoms with Crippen LogP contribution in [0.2, 0.25) is 5.02 Å². The van der Waals surface area contributed by atoms with Crippen molar-refractivity contribution in [3.63, 3.8) is 0 Å². The van der Waals surface area contributed by atoms with E-state index in [1.807, 2.05) is 6.07 Å². The molecule has 0 radical (unpaired) electrons. The lowest BCUT2D eigenvalue weighted by molar-refractivity contribution is 0.405. The summed E-state index contributed by atoms with van der Waals surface area (Å²) in [7, 11) is 3.07. The fraction of sp³-hybridized carbons (Fsp3) is 0.133. The minimum atomic E-state index is 0.371. The second-order valence-electron chi connectivity index (χ2n) is 4.19. The van der Waals surface area contributed by atoms with Crippen LogP contribution in [0.25, 0.3) is 0 Å². The Labute approximate surface area is 127 Å². The molecule has 0 unspecified atom stereocenters. The van der Waals surface area contributed by atoms with E-state index in [1.165, 1.54) is 7.11 Å². The first-order valence-corrected chi connectivity index (χ1v) is 6.45. The number of ether oxygens (including phenoxy) is 2. The Balaban J connectivity index is 2.46. The number of methoxy groups -OCH3 is 2. The van der Waals surface area contributed by atoms with Crippen LogP contribution >= 0.6 is 11.6 Å². The van der Waals surface area contributed by atoms with E-state index in [0.29, 0.717) is 39.1 Å². The molecule has 2 aromatic carbocycles. The molecule has 0 saturated carbocycles.